The summed E-state index contributed by atoms with van der Waals surface area (Å²) >= 11 is 0. The Morgan fingerprint density at radius 2 is 1.79 bits per heavy atom. The predicted octanol–water partition coefficient (Wildman–Crippen LogP) is 3.07. The van der Waals surface area contributed by atoms with E-state index in [2.05, 4.69) is 11.4 Å². The lowest BCUT2D eigenvalue weighted by Gasteiger charge is -2.45. The summed E-state index contributed by atoms with van der Waals surface area (Å²) in [6, 6.07) is 11.2. The molecule has 152 valence electrons. The second-order valence-electron chi connectivity index (χ2n) is 7.83. The summed E-state index contributed by atoms with van der Waals surface area (Å²) in [7, 11) is 3.10. The van der Waals surface area contributed by atoms with Crippen molar-refractivity contribution in [1.82, 2.24) is 10.2 Å². The Balaban J connectivity index is 1.94. The summed E-state index contributed by atoms with van der Waals surface area (Å²) in [6.45, 7) is 4.46. The lowest BCUT2D eigenvalue weighted by Crippen LogP contribution is -2.50. The van der Waals surface area contributed by atoms with Crippen LogP contribution in [0.3, 0.4) is 0 Å². The summed E-state index contributed by atoms with van der Waals surface area (Å²) in [5.74, 6) is 0.311. The maximum atomic E-state index is 13.4. The van der Waals surface area contributed by atoms with E-state index in [4.69, 9.17) is 9.47 Å². The number of ether oxygens (including phenoxy) is 2. The van der Waals surface area contributed by atoms with Gasteiger partial charge in [0.25, 0.3) is 5.91 Å². The van der Waals surface area contributed by atoms with Crippen LogP contribution in [0, 0.1) is 0 Å². The smallest absolute Gasteiger partial charge is 0.254 e. The van der Waals surface area contributed by atoms with Crippen LogP contribution in [0.1, 0.15) is 52.9 Å². The largest absolute Gasteiger partial charge is 0.493 e. The minimum absolute atomic E-state index is 0.00370. The highest BCUT2D eigenvalue weighted by Crippen LogP contribution is 2.48. The van der Waals surface area contributed by atoms with Crippen molar-refractivity contribution in [3.8, 4) is 11.5 Å². The maximum absolute atomic E-state index is 13.4. The van der Waals surface area contributed by atoms with Gasteiger partial charge in [0.2, 0.25) is 5.91 Å². The third-order valence-electron chi connectivity index (χ3n) is 5.74. The number of carbonyl (C=O) groups is 2. The molecule has 4 rings (SSSR count). The van der Waals surface area contributed by atoms with Gasteiger partial charge in [0.1, 0.15) is 0 Å². The number of carbonyl (C=O) groups excluding carboxylic acids is 2. The van der Waals surface area contributed by atoms with Crippen molar-refractivity contribution in [1.29, 1.82) is 0 Å². The summed E-state index contributed by atoms with van der Waals surface area (Å²) in [4.78, 5) is 28.6. The Kier molecular flexibility index (Phi) is 4.94. The lowest BCUT2D eigenvalue weighted by atomic mass is 9.75. The molecule has 0 bridgehead atoms. The highest BCUT2D eigenvalue weighted by Gasteiger charge is 2.47. The Hall–Kier alpha value is -3.02. The van der Waals surface area contributed by atoms with E-state index in [-0.39, 0.29) is 23.9 Å². The molecule has 6 heteroatoms. The van der Waals surface area contributed by atoms with Crippen molar-refractivity contribution in [2.75, 3.05) is 20.8 Å². The third-order valence-corrected chi connectivity index (χ3v) is 5.74. The molecule has 2 amide bonds. The van der Waals surface area contributed by atoms with Crippen LogP contribution in [-0.2, 0) is 11.2 Å². The number of amides is 2. The van der Waals surface area contributed by atoms with E-state index in [0.29, 0.717) is 29.2 Å². The molecule has 2 aromatic rings. The van der Waals surface area contributed by atoms with Crippen LogP contribution in [0.5, 0.6) is 11.5 Å². The molecule has 29 heavy (non-hydrogen) atoms. The Bertz CT molecular complexity index is 969. The second-order valence-corrected chi connectivity index (χ2v) is 7.83. The van der Waals surface area contributed by atoms with E-state index in [1.54, 1.807) is 26.4 Å². The average Bonchev–Trinajstić information content (AvgIpc) is 2.72. The Morgan fingerprint density at radius 3 is 2.48 bits per heavy atom. The normalized spacial score (nSPS) is 19.9. The number of methoxy groups -OCH3 is 2. The van der Waals surface area contributed by atoms with Crippen molar-refractivity contribution in [2.45, 2.75) is 38.3 Å². The first-order valence-corrected chi connectivity index (χ1v) is 9.91. The van der Waals surface area contributed by atoms with Gasteiger partial charge in [-0.3, -0.25) is 9.59 Å². The van der Waals surface area contributed by atoms with Crippen LogP contribution in [0.2, 0.25) is 0 Å². The SMILES string of the molecule is COc1cc2c(cc1OC)C(C(=O)NC(C)C)C1c3ccccc3CCN1C2=O. The number of benzene rings is 2. The molecule has 0 aliphatic carbocycles. The molecule has 0 spiro atoms. The minimum atomic E-state index is -0.522. The van der Waals surface area contributed by atoms with E-state index in [0.717, 1.165) is 12.0 Å². The molecule has 2 aromatic carbocycles. The Labute approximate surface area is 170 Å². The molecule has 1 N–H and O–H groups in total. The van der Waals surface area contributed by atoms with E-state index in [9.17, 15) is 9.59 Å². The fraction of sp³-hybridized carbons (Fsp3) is 0.391. The zero-order valence-corrected chi connectivity index (χ0v) is 17.2. The maximum Gasteiger partial charge on any atom is 0.254 e. The summed E-state index contributed by atoms with van der Waals surface area (Å²) in [6.07, 6.45) is 0.777. The van der Waals surface area contributed by atoms with Crippen molar-refractivity contribution >= 4 is 11.8 Å². The first-order valence-electron chi connectivity index (χ1n) is 9.91. The zero-order chi connectivity index (χ0) is 20.7. The van der Waals surface area contributed by atoms with Crippen LogP contribution in [-0.4, -0.2) is 43.5 Å². The number of hydrogen-bond donors (Lipinski definition) is 1. The van der Waals surface area contributed by atoms with Gasteiger partial charge in [-0.15, -0.1) is 0 Å². The topological polar surface area (TPSA) is 67.9 Å². The molecular weight excluding hydrogens is 368 g/mol. The van der Waals surface area contributed by atoms with Gasteiger partial charge in [-0.2, -0.15) is 0 Å². The number of hydrogen-bond acceptors (Lipinski definition) is 4. The molecule has 2 atom stereocenters. The summed E-state index contributed by atoms with van der Waals surface area (Å²) < 4.78 is 10.9. The molecule has 2 heterocycles. The van der Waals surface area contributed by atoms with Gasteiger partial charge in [-0.05, 0) is 49.1 Å². The molecule has 0 radical (unpaired) electrons. The number of rotatable bonds is 4. The minimum Gasteiger partial charge on any atom is -0.493 e. The number of nitrogens with zero attached hydrogens (tertiary/aromatic N) is 1. The lowest BCUT2D eigenvalue weighted by molar-refractivity contribution is -0.124. The number of fused-ring (bicyclic) bond motifs is 4. The number of nitrogens with one attached hydrogen (secondary N) is 1. The first kappa shape index (κ1) is 19.3. The van der Waals surface area contributed by atoms with Crippen LogP contribution >= 0.6 is 0 Å². The Morgan fingerprint density at radius 1 is 1.10 bits per heavy atom. The molecule has 0 aromatic heterocycles. The first-order chi connectivity index (χ1) is 14.0. The monoisotopic (exact) mass is 394 g/mol. The molecule has 0 saturated heterocycles. The van der Waals surface area contributed by atoms with Crippen molar-refractivity contribution in [3.63, 3.8) is 0 Å². The molecule has 6 nitrogen and oxygen atoms in total. The van der Waals surface area contributed by atoms with Gasteiger partial charge in [-0.25, -0.2) is 0 Å². The van der Waals surface area contributed by atoms with Crippen molar-refractivity contribution in [3.05, 3.63) is 58.7 Å². The van der Waals surface area contributed by atoms with Crippen LogP contribution in [0.4, 0.5) is 0 Å². The van der Waals surface area contributed by atoms with Crippen molar-refractivity contribution in [2.24, 2.45) is 0 Å². The third kappa shape index (κ3) is 3.12. The van der Waals surface area contributed by atoms with Gasteiger partial charge >= 0.3 is 0 Å². The molecular formula is C23H26N2O4. The highest BCUT2D eigenvalue weighted by molar-refractivity contribution is 6.02. The molecule has 2 aliphatic rings. The van der Waals surface area contributed by atoms with Crippen LogP contribution < -0.4 is 14.8 Å². The summed E-state index contributed by atoms with van der Waals surface area (Å²) in [5, 5.41) is 3.05. The van der Waals surface area contributed by atoms with Gasteiger partial charge in [0.05, 0.1) is 26.2 Å². The zero-order valence-electron chi connectivity index (χ0n) is 17.2. The van der Waals surface area contributed by atoms with Crippen LogP contribution in [0.15, 0.2) is 36.4 Å². The standard InChI is InChI=1S/C23H26N2O4/c1-13(2)24-22(26)20-16-11-18(28-3)19(29-4)12-17(16)23(27)25-10-9-14-7-5-6-8-15(14)21(20)25/h5-8,11-13,20-21H,9-10H2,1-4H3,(H,24,26). The average molecular weight is 394 g/mol. The van der Waals surface area contributed by atoms with Gasteiger partial charge in [0, 0.05) is 18.2 Å². The second kappa shape index (κ2) is 7.43. The molecule has 2 aliphatic heterocycles. The van der Waals surface area contributed by atoms with E-state index >= 15 is 0 Å². The van der Waals surface area contributed by atoms with E-state index in [1.807, 2.05) is 36.9 Å². The van der Waals surface area contributed by atoms with Crippen molar-refractivity contribution < 1.29 is 19.1 Å². The van der Waals surface area contributed by atoms with Crippen LogP contribution in [0.25, 0.3) is 0 Å². The van der Waals surface area contributed by atoms with E-state index in [1.165, 1.54) is 5.56 Å². The van der Waals surface area contributed by atoms with E-state index < -0.39 is 5.92 Å². The van der Waals surface area contributed by atoms with Gasteiger partial charge in [0.15, 0.2) is 11.5 Å². The molecule has 2 unspecified atom stereocenters. The van der Waals surface area contributed by atoms with Gasteiger partial charge < -0.3 is 19.7 Å². The summed E-state index contributed by atoms with van der Waals surface area (Å²) in [5.41, 5.74) is 3.41. The highest BCUT2D eigenvalue weighted by atomic mass is 16.5. The fourth-order valence-corrected chi connectivity index (χ4v) is 4.51. The molecule has 0 saturated carbocycles. The molecule has 0 fully saturated rings. The quantitative estimate of drug-likeness (QED) is 0.865. The predicted molar refractivity (Wildman–Crippen MR) is 109 cm³/mol. The fourth-order valence-electron chi connectivity index (χ4n) is 4.51. The van der Waals surface area contributed by atoms with Gasteiger partial charge in [-0.1, -0.05) is 24.3 Å².